The zero-order valence-electron chi connectivity index (χ0n) is 11.8. The van der Waals surface area contributed by atoms with Crippen LogP contribution in [-0.4, -0.2) is 23.3 Å². The molecule has 0 saturated heterocycles. The van der Waals surface area contributed by atoms with E-state index in [1.54, 1.807) is 0 Å². The maximum Gasteiger partial charge on any atom is 0.338 e. The summed E-state index contributed by atoms with van der Waals surface area (Å²) in [6.07, 6.45) is 0. The molecule has 0 aliphatic carbocycles. The van der Waals surface area contributed by atoms with Crippen LogP contribution in [0.3, 0.4) is 0 Å². The molecule has 0 unspecified atom stereocenters. The van der Waals surface area contributed by atoms with Crippen LogP contribution in [0.15, 0.2) is 40.9 Å². The number of Topliss-reactive ketones (excluding diaryl/α,β-unsaturated/α-hetero) is 1. The molecular weight excluding hydrogens is 425 g/mol. The maximum atomic E-state index is 12.0. The second-order valence-electron chi connectivity index (χ2n) is 4.55. The van der Waals surface area contributed by atoms with E-state index in [0.29, 0.717) is 5.02 Å². The highest BCUT2D eigenvalue weighted by Crippen LogP contribution is 2.26. The largest absolute Gasteiger partial charge is 0.454 e. The van der Waals surface area contributed by atoms with E-state index >= 15 is 0 Å². The summed E-state index contributed by atoms with van der Waals surface area (Å²) in [6.45, 7) is -0.552. The molecule has 0 aliphatic rings. The van der Waals surface area contributed by atoms with Gasteiger partial charge in [-0.1, -0.05) is 23.2 Å². The van der Waals surface area contributed by atoms with Gasteiger partial charge in [-0.05, 0) is 46.3 Å². The number of carbonyl (C=O) groups excluding carboxylic acids is 2. The average molecular weight is 433 g/mol. The van der Waals surface area contributed by atoms with Crippen molar-refractivity contribution in [3.63, 3.8) is 0 Å². The van der Waals surface area contributed by atoms with E-state index in [9.17, 15) is 19.7 Å². The molecule has 0 saturated carbocycles. The van der Waals surface area contributed by atoms with Crippen molar-refractivity contribution in [2.75, 3.05) is 6.61 Å². The van der Waals surface area contributed by atoms with Gasteiger partial charge in [-0.2, -0.15) is 0 Å². The van der Waals surface area contributed by atoms with Crippen LogP contribution in [0, 0.1) is 10.1 Å². The number of benzene rings is 2. The van der Waals surface area contributed by atoms with Gasteiger partial charge in [0, 0.05) is 16.7 Å². The van der Waals surface area contributed by atoms with Gasteiger partial charge in [0.05, 0.1) is 20.0 Å². The van der Waals surface area contributed by atoms with Gasteiger partial charge >= 0.3 is 5.97 Å². The Bertz CT molecular complexity index is 841. The summed E-state index contributed by atoms with van der Waals surface area (Å²) in [5, 5.41) is 11.4. The number of halogens is 3. The number of nitro benzene ring substituents is 1. The maximum absolute atomic E-state index is 12.0. The third kappa shape index (κ3) is 4.31. The number of esters is 1. The molecule has 6 nitrogen and oxygen atoms in total. The first kappa shape index (κ1) is 18.4. The fraction of sp³-hybridized carbons (Fsp3) is 0.0667. The van der Waals surface area contributed by atoms with E-state index in [1.807, 2.05) is 0 Å². The first-order valence-electron chi connectivity index (χ1n) is 6.39. The second kappa shape index (κ2) is 7.74. The van der Waals surface area contributed by atoms with Crippen LogP contribution in [0.25, 0.3) is 0 Å². The number of hydrogen-bond acceptors (Lipinski definition) is 5. The van der Waals surface area contributed by atoms with Crippen LogP contribution in [0.5, 0.6) is 0 Å². The molecule has 24 heavy (non-hydrogen) atoms. The topological polar surface area (TPSA) is 86.5 Å². The molecule has 0 bridgehead atoms. The lowest BCUT2D eigenvalue weighted by Gasteiger charge is -2.06. The summed E-state index contributed by atoms with van der Waals surface area (Å²) in [7, 11) is 0. The first-order chi connectivity index (χ1) is 11.3. The zero-order valence-corrected chi connectivity index (χ0v) is 14.9. The monoisotopic (exact) mass is 431 g/mol. The highest BCUT2D eigenvalue weighted by Gasteiger charge is 2.18. The lowest BCUT2D eigenvalue weighted by Crippen LogP contribution is -2.14. The van der Waals surface area contributed by atoms with Gasteiger partial charge in [-0.3, -0.25) is 14.9 Å². The normalized spacial score (nSPS) is 10.3. The van der Waals surface area contributed by atoms with Gasteiger partial charge in [0.15, 0.2) is 6.61 Å². The van der Waals surface area contributed by atoms with Crippen LogP contribution >= 0.6 is 39.1 Å². The standard InChI is InChI=1S/C15H8BrCl2NO5/c16-11-4-1-8(5-13(11)19(22)23)15(21)24-7-14(20)10-3-2-9(17)6-12(10)18/h1-6H,7H2. The molecule has 0 atom stereocenters. The summed E-state index contributed by atoms with van der Waals surface area (Å²) in [5.74, 6) is -1.37. The lowest BCUT2D eigenvalue weighted by atomic mass is 10.1. The van der Waals surface area contributed by atoms with Crippen molar-refractivity contribution in [1.29, 1.82) is 0 Å². The van der Waals surface area contributed by atoms with Crippen LogP contribution < -0.4 is 0 Å². The van der Waals surface area contributed by atoms with Gasteiger partial charge in [0.25, 0.3) is 5.69 Å². The van der Waals surface area contributed by atoms with E-state index < -0.39 is 23.3 Å². The van der Waals surface area contributed by atoms with Crippen LogP contribution in [0.4, 0.5) is 5.69 Å². The summed E-state index contributed by atoms with van der Waals surface area (Å²) in [5.41, 5.74) is -0.160. The van der Waals surface area contributed by atoms with E-state index in [4.69, 9.17) is 27.9 Å². The molecule has 2 aromatic carbocycles. The molecule has 0 aromatic heterocycles. The Kier molecular flexibility index (Phi) is 5.93. The van der Waals surface area contributed by atoms with Crippen LogP contribution in [0.1, 0.15) is 20.7 Å². The molecule has 2 aromatic rings. The van der Waals surface area contributed by atoms with E-state index in [1.165, 1.54) is 30.3 Å². The molecule has 2 rings (SSSR count). The Hall–Kier alpha value is -1.96. The fourth-order valence-electron chi connectivity index (χ4n) is 1.79. The van der Waals surface area contributed by atoms with Crippen molar-refractivity contribution in [2.45, 2.75) is 0 Å². The van der Waals surface area contributed by atoms with Crippen molar-refractivity contribution in [3.05, 3.63) is 72.2 Å². The molecular formula is C15H8BrCl2NO5. The van der Waals surface area contributed by atoms with E-state index in [2.05, 4.69) is 15.9 Å². The zero-order chi connectivity index (χ0) is 17.9. The van der Waals surface area contributed by atoms with E-state index in [-0.39, 0.29) is 26.3 Å². The summed E-state index contributed by atoms with van der Waals surface area (Å²) >= 11 is 14.7. The van der Waals surface area contributed by atoms with Gasteiger partial charge in [-0.15, -0.1) is 0 Å². The van der Waals surface area contributed by atoms with Crippen molar-refractivity contribution < 1.29 is 19.2 Å². The molecule has 0 amide bonds. The molecule has 0 fully saturated rings. The number of ether oxygens (including phenoxy) is 1. The van der Waals surface area contributed by atoms with Gasteiger partial charge in [-0.25, -0.2) is 4.79 Å². The molecule has 0 aliphatic heterocycles. The highest BCUT2D eigenvalue weighted by atomic mass is 79.9. The molecule has 0 spiro atoms. The molecule has 0 N–H and O–H groups in total. The SMILES string of the molecule is O=C(OCC(=O)c1ccc(Cl)cc1Cl)c1ccc(Br)c([N+](=O)[O-])c1. The summed E-state index contributed by atoms with van der Waals surface area (Å²) in [6, 6.07) is 8.07. The second-order valence-corrected chi connectivity index (χ2v) is 6.24. The smallest absolute Gasteiger partial charge is 0.338 e. The highest BCUT2D eigenvalue weighted by molar-refractivity contribution is 9.10. The predicted octanol–water partition coefficient (Wildman–Crippen LogP) is 4.70. The number of ketones is 1. The van der Waals surface area contributed by atoms with Gasteiger partial charge in [0.2, 0.25) is 5.78 Å². The molecule has 124 valence electrons. The van der Waals surface area contributed by atoms with Gasteiger partial charge in [0.1, 0.15) is 0 Å². The number of rotatable bonds is 5. The summed E-state index contributed by atoms with van der Waals surface area (Å²) < 4.78 is 5.12. The van der Waals surface area contributed by atoms with Crippen LogP contribution in [0.2, 0.25) is 10.0 Å². The minimum Gasteiger partial charge on any atom is -0.454 e. The first-order valence-corrected chi connectivity index (χ1v) is 7.94. The van der Waals surface area contributed by atoms with Crippen LogP contribution in [-0.2, 0) is 4.74 Å². The van der Waals surface area contributed by atoms with Crippen molar-refractivity contribution >= 4 is 56.6 Å². The Balaban J connectivity index is 2.09. The number of carbonyl (C=O) groups is 2. The lowest BCUT2D eigenvalue weighted by molar-refractivity contribution is -0.385. The summed E-state index contributed by atoms with van der Waals surface area (Å²) in [4.78, 5) is 34.2. The molecule has 0 radical (unpaired) electrons. The Morgan fingerprint density at radius 1 is 1.17 bits per heavy atom. The average Bonchev–Trinajstić information content (AvgIpc) is 2.52. The van der Waals surface area contributed by atoms with E-state index in [0.717, 1.165) is 6.07 Å². The van der Waals surface area contributed by atoms with Crippen molar-refractivity contribution in [1.82, 2.24) is 0 Å². The predicted molar refractivity (Wildman–Crippen MR) is 91.9 cm³/mol. The number of nitro groups is 1. The quantitative estimate of drug-likeness (QED) is 0.295. The minimum absolute atomic E-state index is 0.0418. The molecule has 0 heterocycles. The van der Waals surface area contributed by atoms with Crippen molar-refractivity contribution in [2.24, 2.45) is 0 Å². The van der Waals surface area contributed by atoms with Crippen molar-refractivity contribution in [3.8, 4) is 0 Å². The van der Waals surface area contributed by atoms with Gasteiger partial charge < -0.3 is 4.74 Å². The number of nitrogens with zero attached hydrogens (tertiary/aromatic N) is 1. The minimum atomic E-state index is -0.857. The third-order valence-electron chi connectivity index (χ3n) is 2.94. The number of hydrogen-bond donors (Lipinski definition) is 0. The third-order valence-corrected chi connectivity index (χ3v) is 4.16. The Morgan fingerprint density at radius 2 is 1.88 bits per heavy atom. The Labute approximate surface area is 154 Å². The fourth-order valence-corrected chi connectivity index (χ4v) is 2.69. The molecule has 9 heteroatoms. The Morgan fingerprint density at radius 3 is 2.50 bits per heavy atom.